The number of nitrogens with one attached hydrogen (secondary N) is 1. The quantitative estimate of drug-likeness (QED) is 0.566. The van der Waals surface area contributed by atoms with E-state index in [4.69, 9.17) is 15.3 Å². The van der Waals surface area contributed by atoms with Gasteiger partial charge >= 0.3 is 23.5 Å². The van der Waals surface area contributed by atoms with Crippen molar-refractivity contribution in [3.05, 3.63) is 33.9 Å². The molecule has 0 radical (unpaired) electrons. The van der Waals surface area contributed by atoms with Crippen molar-refractivity contribution in [2.24, 2.45) is 5.92 Å². The molecular weight excluding hydrogens is 298 g/mol. The molecule has 118 valence electrons. The Morgan fingerprint density at radius 3 is 2.41 bits per heavy atom. The molecule has 0 aliphatic carbocycles. The summed E-state index contributed by atoms with van der Waals surface area (Å²) in [7, 11) is 0. The monoisotopic (exact) mass is 311 g/mol. The van der Waals surface area contributed by atoms with Crippen molar-refractivity contribution in [1.29, 1.82) is 0 Å². The average Bonchev–Trinajstić information content (AvgIpc) is 2.81. The van der Waals surface area contributed by atoms with Crippen LogP contribution in [0.2, 0.25) is 0 Å². The minimum absolute atomic E-state index is 0.0625. The van der Waals surface area contributed by atoms with Gasteiger partial charge in [-0.05, 0) is 12.1 Å². The molecule has 0 bridgehead atoms. The second-order valence-corrected chi connectivity index (χ2v) is 4.94. The minimum atomic E-state index is -1.40. The molecule has 4 N–H and O–H groups in total. The molecule has 1 aromatic heterocycles. The van der Waals surface area contributed by atoms with E-state index in [1.54, 1.807) is 0 Å². The fourth-order valence-electron chi connectivity index (χ4n) is 2.68. The zero-order valence-electron chi connectivity index (χ0n) is 11.2. The van der Waals surface area contributed by atoms with E-state index >= 15 is 0 Å². The maximum Gasteiger partial charge on any atom is 0.371 e. The Bertz CT molecular complexity index is 679. The van der Waals surface area contributed by atoms with Crippen molar-refractivity contribution in [3.63, 3.8) is 0 Å². The number of carboxylic acids is 3. The van der Waals surface area contributed by atoms with Crippen molar-refractivity contribution in [2.45, 2.75) is 18.4 Å². The molecule has 1 saturated heterocycles. The predicted molar refractivity (Wildman–Crippen MR) is 69.8 cm³/mol. The van der Waals surface area contributed by atoms with Crippen LogP contribution in [0.25, 0.3) is 0 Å². The number of hydrogen-bond donors (Lipinski definition) is 4. The van der Waals surface area contributed by atoms with Gasteiger partial charge in [0.15, 0.2) is 0 Å². The van der Waals surface area contributed by atoms with Crippen LogP contribution in [0.15, 0.2) is 21.3 Å². The summed E-state index contributed by atoms with van der Waals surface area (Å²) in [6.07, 6.45) is -0.436. The molecule has 22 heavy (non-hydrogen) atoms. The third-order valence-corrected chi connectivity index (χ3v) is 3.64. The number of aromatic carboxylic acids is 1. The zero-order valence-corrected chi connectivity index (χ0v) is 11.2. The van der Waals surface area contributed by atoms with Gasteiger partial charge in [-0.1, -0.05) is 0 Å². The maximum absolute atomic E-state index is 11.9. The van der Waals surface area contributed by atoms with E-state index in [2.05, 4.69) is 9.73 Å². The van der Waals surface area contributed by atoms with Gasteiger partial charge < -0.3 is 25.1 Å². The van der Waals surface area contributed by atoms with Gasteiger partial charge in [-0.25, -0.2) is 9.59 Å². The Kier molecular flexibility index (Phi) is 4.27. The smallest absolute Gasteiger partial charge is 0.371 e. The first-order valence-corrected chi connectivity index (χ1v) is 6.36. The first kappa shape index (κ1) is 15.7. The van der Waals surface area contributed by atoms with Gasteiger partial charge in [0, 0.05) is 23.9 Å². The highest BCUT2D eigenvalue weighted by molar-refractivity contribution is 5.84. The van der Waals surface area contributed by atoms with Crippen LogP contribution in [0, 0.1) is 5.92 Å². The number of hydrogen-bond acceptors (Lipinski definition) is 6. The van der Waals surface area contributed by atoms with Gasteiger partial charge in [-0.15, -0.1) is 0 Å². The molecule has 0 aromatic carbocycles. The SMILES string of the molecule is O=C(O)C[C@@H]1[C@@H](C(=O)O)NC[C@H]1c1ccc(C(=O)O)oc1=O. The van der Waals surface area contributed by atoms with E-state index in [0.717, 1.165) is 6.07 Å². The van der Waals surface area contributed by atoms with Crippen molar-refractivity contribution in [3.8, 4) is 0 Å². The van der Waals surface area contributed by atoms with Crippen LogP contribution in [0.4, 0.5) is 0 Å². The molecule has 0 amide bonds. The highest BCUT2D eigenvalue weighted by Crippen LogP contribution is 2.33. The zero-order chi connectivity index (χ0) is 16.4. The summed E-state index contributed by atoms with van der Waals surface area (Å²) in [4.78, 5) is 44.7. The lowest BCUT2D eigenvalue weighted by atomic mass is 9.83. The summed E-state index contributed by atoms with van der Waals surface area (Å²) < 4.78 is 4.65. The Morgan fingerprint density at radius 1 is 1.23 bits per heavy atom. The van der Waals surface area contributed by atoms with E-state index in [-0.39, 0.29) is 12.1 Å². The highest BCUT2D eigenvalue weighted by atomic mass is 16.4. The van der Waals surface area contributed by atoms with E-state index in [9.17, 15) is 19.2 Å². The van der Waals surface area contributed by atoms with Crippen LogP contribution in [0.1, 0.15) is 28.5 Å². The van der Waals surface area contributed by atoms with Gasteiger partial charge in [-0.3, -0.25) is 9.59 Å². The van der Waals surface area contributed by atoms with Crippen LogP contribution >= 0.6 is 0 Å². The van der Waals surface area contributed by atoms with Crippen LogP contribution in [-0.4, -0.2) is 45.8 Å². The number of rotatable bonds is 5. The Balaban J connectivity index is 2.38. The molecule has 3 atom stereocenters. The first-order chi connectivity index (χ1) is 10.3. The Labute approximate surface area is 123 Å². The molecular formula is C13H13NO8. The van der Waals surface area contributed by atoms with Gasteiger partial charge in [0.05, 0.1) is 6.42 Å². The van der Waals surface area contributed by atoms with Gasteiger partial charge in [0.1, 0.15) is 6.04 Å². The lowest BCUT2D eigenvalue weighted by molar-refractivity contribution is -0.142. The van der Waals surface area contributed by atoms with Crippen LogP contribution in [-0.2, 0) is 9.59 Å². The van der Waals surface area contributed by atoms with Gasteiger partial charge in [0.2, 0.25) is 5.76 Å². The standard InChI is InChI=1S/C13H13NO8/c15-9(16)3-6-7(4-14-10(6)12(19)20)5-1-2-8(11(17)18)22-13(5)21/h1-2,6-7,10,14H,3-4H2,(H,15,16)(H,17,18)(H,19,20)/t6-,7-,10-/m0/s1. The molecule has 1 aromatic rings. The third-order valence-electron chi connectivity index (χ3n) is 3.64. The lowest BCUT2D eigenvalue weighted by Gasteiger charge is -2.19. The van der Waals surface area contributed by atoms with Gasteiger partial charge in [0.25, 0.3) is 0 Å². The summed E-state index contributed by atoms with van der Waals surface area (Å²) in [6.45, 7) is 0.0894. The number of carboxylic acid groups (broad SMARTS) is 3. The summed E-state index contributed by atoms with van der Waals surface area (Å²) in [5, 5.41) is 29.5. The second kappa shape index (κ2) is 5.98. The van der Waals surface area contributed by atoms with Gasteiger partial charge in [-0.2, -0.15) is 0 Å². The third kappa shape index (κ3) is 2.98. The topological polar surface area (TPSA) is 154 Å². The van der Waals surface area contributed by atoms with Crippen LogP contribution in [0.3, 0.4) is 0 Å². The fourth-order valence-corrected chi connectivity index (χ4v) is 2.68. The molecule has 0 spiro atoms. The van der Waals surface area contributed by atoms with Crippen LogP contribution < -0.4 is 10.9 Å². The number of aliphatic carboxylic acids is 2. The lowest BCUT2D eigenvalue weighted by Crippen LogP contribution is -2.36. The van der Waals surface area contributed by atoms with Crippen LogP contribution in [0.5, 0.6) is 0 Å². The Morgan fingerprint density at radius 2 is 1.91 bits per heavy atom. The summed E-state index contributed by atoms with van der Waals surface area (Å²) >= 11 is 0. The van der Waals surface area contributed by atoms with Crippen molar-refractivity contribution in [2.75, 3.05) is 6.54 Å². The van der Waals surface area contributed by atoms with Crippen molar-refractivity contribution in [1.82, 2.24) is 5.32 Å². The van der Waals surface area contributed by atoms with Crippen molar-refractivity contribution < 1.29 is 34.1 Å². The van der Waals surface area contributed by atoms with Crippen molar-refractivity contribution >= 4 is 17.9 Å². The molecule has 0 unspecified atom stereocenters. The normalized spacial score (nSPS) is 24.1. The first-order valence-electron chi connectivity index (χ1n) is 6.36. The molecule has 2 rings (SSSR count). The molecule has 1 aliphatic heterocycles. The van der Waals surface area contributed by atoms with E-state index in [1.807, 2.05) is 0 Å². The Hall–Kier alpha value is -2.68. The maximum atomic E-state index is 11.9. The average molecular weight is 311 g/mol. The summed E-state index contributed by atoms with van der Waals surface area (Å²) in [6, 6.07) is 1.23. The molecule has 0 saturated carbocycles. The van der Waals surface area contributed by atoms with E-state index in [1.165, 1.54) is 6.07 Å². The molecule has 9 nitrogen and oxygen atoms in total. The molecule has 9 heteroatoms. The largest absolute Gasteiger partial charge is 0.481 e. The minimum Gasteiger partial charge on any atom is -0.481 e. The summed E-state index contributed by atoms with van der Waals surface area (Å²) in [5.74, 6) is -5.86. The molecule has 2 heterocycles. The highest BCUT2D eigenvalue weighted by Gasteiger charge is 2.43. The fraction of sp³-hybridized carbons (Fsp3) is 0.385. The van der Waals surface area contributed by atoms with E-state index in [0.29, 0.717) is 0 Å². The van der Waals surface area contributed by atoms with E-state index < -0.39 is 53.6 Å². The second-order valence-electron chi connectivity index (χ2n) is 4.94. The predicted octanol–water partition coefficient (Wildman–Crippen LogP) is -0.431. The molecule has 1 fully saturated rings. The summed E-state index contributed by atoms with van der Waals surface area (Å²) in [5.41, 5.74) is -0.847. The molecule has 1 aliphatic rings. The number of carbonyl (C=O) groups is 3.